The highest BCUT2D eigenvalue weighted by Gasteiger charge is 2.16. The summed E-state index contributed by atoms with van der Waals surface area (Å²) >= 11 is 0. The number of rotatable bonds is 11. The predicted octanol–water partition coefficient (Wildman–Crippen LogP) is 3.16. The quantitative estimate of drug-likeness (QED) is 0.431. The molecule has 0 atom stereocenters. The van der Waals surface area contributed by atoms with Gasteiger partial charge in [-0.25, -0.2) is 4.79 Å². The molecule has 0 unspecified atom stereocenters. The number of hydrogen-bond acceptors (Lipinski definition) is 6. The van der Waals surface area contributed by atoms with Gasteiger partial charge < -0.3 is 25.3 Å². The van der Waals surface area contributed by atoms with Crippen LogP contribution in [-0.2, 0) is 9.53 Å². The molecular weight excluding hydrogens is 388 g/mol. The highest BCUT2D eigenvalue weighted by atomic mass is 16.5. The van der Waals surface area contributed by atoms with Crippen LogP contribution in [0.2, 0.25) is 0 Å². The Kier molecular flexibility index (Phi) is 8.68. The van der Waals surface area contributed by atoms with Crippen molar-refractivity contribution >= 4 is 23.5 Å². The van der Waals surface area contributed by atoms with Gasteiger partial charge in [0.25, 0.3) is 11.8 Å². The average Bonchev–Trinajstić information content (AvgIpc) is 2.73. The topological polar surface area (TPSA) is 117 Å². The Labute approximate surface area is 175 Å². The molecule has 0 saturated carbocycles. The second kappa shape index (κ2) is 11.5. The molecule has 0 aliphatic carbocycles. The van der Waals surface area contributed by atoms with E-state index >= 15 is 0 Å². The van der Waals surface area contributed by atoms with Crippen LogP contribution in [0.5, 0.6) is 11.5 Å². The van der Waals surface area contributed by atoms with Gasteiger partial charge in [0.15, 0.2) is 18.1 Å². The second-order valence-electron chi connectivity index (χ2n) is 6.33. The van der Waals surface area contributed by atoms with Crippen molar-refractivity contribution in [1.29, 1.82) is 0 Å². The van der Waals surface area contributed by atoms with Crippen molar-refractivity contribution < 1.29 is 28.6 Å². The maximum absolute atomic E-state index is 12.3. The average molecular weight is 414 g/mol. The second-order valence-corrected chi connectivity index (χ2v) is 6.33. The van der Waals surface area contributed by atoms with Gasteiger partial charge in [-0.05, 0) is 43.7 Å². The maximum atomic E-state index is 12.3. The van der Waals surface area contributed by atoms with Crippen molar-refractivity contribution in [2.24, 2.45) is 5.73 Å². The van der Waals surface area contributed by atoms with E-state index in [9.17, 15) is 14.4 Å². The number of anilines is 1. The molecular formula is C22H26N2O6. The van der Waals surface area contributed by atoms with E-state index < -0.39 is 24.4 Å². The van der Waals surface area contributed by atoms with Gasteiger partial charge in [0.2, 0.25) is 0 Å². The van der Waals surface area contributed by atoms with Crippen molar-refractivity contribution in [3.05, 3.63) is 53.6 Å². The zero-order valence-electron chi connectivity index (χ0n) is 17.1. The summed E-state index contributed by atoms with van der Waals surface area (Å²) in [5, 5.41) is 2.51. The largest absolute Gasteiger partial charge is 0.490 e. The summed E-state index contributed by atoms with van der Waals surface area (Å²) in [6.07, 6.45) is 1.91. The van der Waals surface area contributed by atoms with E-state index in [0.717, 1.165) is 12.8 Å². The molecule has 0 radical (unpaired) electrons. The van der Waals surface area contributed by atoms with Gasteiger partial charge in [-0.15, -0.1) is 0 Å². The Hall–Kier alpha value is -3.55. The van der Waals surface area contributed by atoms with E-state index in [-0.39, 0.29) is 16.8 Å². The zero-order valence-corrected chi connectivity index (χ0v) is 17.1. The molecule has 0 fully saturated rings. The standard InChI is InChI=1S/C22H26N2O6/c1-3-5-12-29-18-11-10-15(13-19(18)28-4-2)22(27)30-14-20(25)24-17-9-7-6-8-16(17)21(23)26/h6-11,13H,3-5,12,14H2,1-2H3,(H2,23,26)(H,24,25). The number of carbonyl (C=O) groups excluding carboxylic acids is 3. The highest BCUT2D eigenvalue weighted by molar-refractivity contribution is 6.03. The van der Waals surface area contributed by atoms with E-state index in [2.05, 4.69) is 12.2 Å². The molecule has 30 heavy (non-hydrogen) atoms. The van der Waals surface area contributed by atoms with Crippen LogP contribution in [-0.4, -0.2) is 37.6 Å². The first kappa shape index (κ1) is 22.7. The summed E-state index contributed by atoms with van der Waals surface area (Å²) in [5.74, 6) is -0.978. The van der Waals surface area contributed by atoms with Crippen molar-refractivity contribution in [2.75, 3.05) is 25.1 Å². The van der Waals surface area contributed by atoms with Crippen molar-refractivity contribution in [1.82, 2.24) is 0 Å². The van der Waals surface area contributed by atoms with Crippen molar-refractivity contribution in [3.8, 4) is 11.5 Å². The number of amides is 2. The predicted molar refractivity (Wildman–Crippen MR) is 112 cm³/mol. The van der Waals surface area contributed by atoms with Gasteiger partial charge in [-0.3, -0.25) is 9.59 Å². The van der Waals surface area contributed by atoms with Gasteiger partial charge in [0.1, 0.15) is 0 Å². The van der Waals surface area contributed by atoms with E-state index in [4.69, 9.17) is 19.9 Å². The normalized spacial score (nSPS) is 10.2. The highest BCUT2D eigenvalue weighted by Crippen LogP contribution is 2.29. The number of ether oxygens (including phenoxy) is 3. The van der Waals surface area contributed by atoms with Crippen LogP contribution in [0.4, 0.5) is 5.69 Å². The Balaban J connectivity index is 1.99. The minimum Gasteiger partial charge on any atom is -0.490 e. The molecule has 0 saturated heterocycles. The van der Waals surface area contributed by atoms with Crippen LogP contribution in [0.3, 0.4) is 0 Å². The first-order valence-corrected chi connectivity index (χ1v) is 9.71. The maximum Gasteiger partial charge on any atom is 0.338 e. The number of nitrogens with one attached hydrogen (secondary N) is 1. The minimum atomic E-state index is -0.686. The summed E-state index contributed by atoms with van der Waals surface area (Å²) in [6.45, 7) is 4.33. The molecule has 0 heterocycles. The van der Waals surface area contributed by atoms with E-state index in [1.54, 1.807) is 24.3 Å². The number of hydrogen-bond donors (Lipinski definition) is 2. The summed E-state index contributed by atoms with van der Waals surface area (Å²) < 4.78 is 16.3. The number of nitrogens with two attached hydrogens (primary N) is 1. The lowest BCUT2D eigenvalue weighted by atomic mass is 10.1. The SMILES string of the molecule is CCCCOc1ccc(C(=O)OCC(=O)Nc2ccccc2C(N)=O)cc1OCC. The molecule has 0 aliphatic rings. The Morgan fingerprint density at radius 1 is 1.00 bits per heavy atom. The van der Waals surface area contributed by atoms with Crippen LogP contribution < -0.4 is 20.5 Å². The molecule has 0 aliphatic heterocycles. The van der Waals surface area contributed by atoms with E-state index in [0.29, 0.717) is 24.7 Å². The number of unbranched alkanes of at least 4 members (excludes halogenated alkanes) is 1. The van der Waals surface area contributed by atoms with Crippen LogP contribution in [0.1, 0.15) is 47.4 Å². The number of carbonyl (C=O) groups is 3. The minimum absolute atomic E-state index is 0.164. The van der Waals surface area contributed by atoms with Gasteiger partial charge in [0.05, 0.1) is 30.0 Å². The first-order valence-electron chi connectivity index (χ1n) is 9.71. The fourth-order valence-electron chi connectivity index (χ4n) is 2.56. The Morgan fingerprint density at radius 3 is 2.47 bits per heavy atom. The third-order valence-corrected chi connectivity index (χ3v) is 4.04. The van der Waals surface area contributed by atoms with E-state index in [1.165, 1.54) is 18.2 Å². The lowest BCUT2D eigenvalue weighted by Gasteiger charge is -2.13. The third-order valence-electron chi connectivity index (χ3n) is 4.04. The molecule has 2 amide bonds. The molecule has 2 aromatic rings. The monoisotopic (exact) mass is 414 g/mol. The molecule has 8 heteroatoms. The van der Waals surface area contributed by atoms with Crippen LogP contribution in [0.25, 0.3) is 0 Å². The van der Waals surface area contributed by atoms with Gasteiger partial charge in [-0.1, -0.05) is 25.5 Å². The van der Waals surface area contributed by atoms with Gasteiger partial charge in [-0.2, -0.15) is 0 Å². The lowest BCUT2D eigenvalue weighted by molar-refractivity contribution is -0.119. The molecule has 2 aromatic carbocycles. The first-order chi connectivity index (χ1) is 14.5. The molecule has 8 nitrogen and oxygen atoms in total. The Bertz CT molecular complexity index is 897. The van der Waals surface area contributed by atoms with Crippen molar-refractivity contribution in [2.45, 2.75) is 26.7 Å². The smallest absolute Gasteiger partial charge is 0.338 e. The fraction of sp³-hybridized carbons (Fsp3) is 0.318. The van der Waals surface area contributed by atoms with Crippen LogP contribution in [0, 0.1) is 0 Å². The molecule has 3 N–H and O–H groups in total. The number of primary amides is 1. The molecule has 0 spiro atoms. The summed E-state index contributed by atoms with van der Waals surface area (Å²) in [7, 11) is 0. The zero-order chi connectivity index (χ0) is 21.9. The Morgan fingerprint density at radius 2 is 1.77 bits per heavy atom. The van der Waals surface area contributed by atoms with Crippen LogP contribution in [0.15, 0.2) is 42.5 Å². The van der Waals surface area contributed by atoms with E-state index in [1.807, 2.05) is 6.92 Å². The number of para-hydroxylation sites is 1. The molecule has 0 bridgehead atoms. The summed E-state index contributed by atoms with van der Waals surface area (Å²) in [5.41, 5.74) is 5.92. The van der Waals surface area contributed by atoms with Crippen LogP contribution >= 0.6 is 0 Å². The fourth-order valence-corrected chi connectivity index (χ4v) is 2.56. The number of benzene rings is 2. The van der Waals surface area contributed by atoms with Crippen molar-refractivity contribution in [3.63, 3.8) is 0 Å². The third kappa shape index (κ3) is 6.51. The summed E-state index contributed by atoms with van der Waals surface area (Å²) in [6, 6.07) is 11.0. The number of esters is 1. The molecule has 0 aromatic heterocycles. The van der Waals surface area contributed by atoms with Gasteiger partial charge in [0, 0.05) is 0 Å². The summed E-state index contributed by atoms with van der Waals surface area (Å²) in [4.78, 5) is 35.9. The molecule has 2 rings (SSSR count). The lowest BCUT2D eigenvalue weighted by Crippen LogP contribution is -2.23. The van der Waals surface area contributed by atoms with Gasteiger partial charge >= 0.3 is 5.97 Å². The molecule has 160 valence electrons.